The molecule has 0 radical (unpaired) electrons. The average molecular weight is 287 g/mol. The van der Waals surface area contributed by atoms with Gasteiger partial charge in [-0.1, -0.05) is 0 Å². The Hall–Kier alpha value is -2.57. The number of carbonyl (C=O) groups excluding carboxylic acids is 1. The number of carbonyl (C=O) groups is 1. The van der Waals surface area contributed by atoms with Gasteiger partial charge in [-0.2, -0.15) is 0 Å². The Morgan fingerprint density at radius 1 is 1.33 bits per heavy atom. The van der Waals surface area contributed by atoms with E-state index in [4.69, 9.17) is 4.74 Å². The maximum atomic E-state index is 11.9. The Bertz CT molecular complexity index is 635. The lowest BCUT2D eigenvalue weighted by Gasteiger charge is -2.08. The fraction of sp³-hybridized carbons (Fsp3) is 0.357. The molecule has 0 atom stereocenters. The zero-order valence-electron chi connectivity index (χ0n) is 11.8. The summed E-state index contributed by atoms with van der Waals surface area (Å²) in [4.78, 5) is 11.9. The molecule has 0 saturated carbocycles. The second kappa shape index (κ2) is 5.82. The molecule has 1 aromatic heterocycles. The Morgan fingerprint density at radius 2 is 2.14 bits per heavy atom. The van der Waals surface area contributed by atoms with Gasteiger partial charge >= 0.3 is 6.03 Å². The van der Waals surface area contributed by atoms with Crippen LogP contribution < -0.4 is 15.4 Å². The lowest BCUT2D eigenvalue weighted by molar-refractivity contribution is 0.251. The van der Waals surface area contributed by atoms with Gasteiger partial charge in [0, 0.05) is 18.7 Å². The highest BCUT2D eigenvalue weighted by atomic mass is 16.5. The van der Waals surface area contributed by atoms with Crippen molar-refractivity contribution in [2.75, 3.05) is 12.4 Å². The van der Waals surface area contributed by atoms with Crippen LogP contribution in [0.1, 0.15) is 18.1 Å². The van der Waals surface area contributed by atoms with E-state index in [0.29, 0.717) is 12.2 Å². The summed E-state index contributed by atoms with van der Waals surface area (Å²) >= 11 is 0. The van der Waals surface area contributed by atoms with Gasteiger partial charge in [0.1, 0.15) is 11.6 Å². The second-order valence-electron chi connectivity index (χ2n) is 4.82. The maximum Gasteiger partial charge on any atom is 0.319 e. The molecule has 1 aromatic carbocycles. The number of nitrogens with one attached hydrogen (secondary N) is 2. The molecule has 2 amide bonds. The van der Waals surface area contributed by atoms with Gasteiger partial charge in [-0.3, -0.25) is 0 Å². The number of benzene rings is 1. The van der Waals surface area contributed by atoms with Crippen molar-refractivity contribution in [3.05, 3.63) is 35.9 Å². The number of aryl methyl sites for hydroxylation is 1. The Balaban J connectivity index is 1.54. The number of ether oxygens (including phenoxy) is 1. The lowest BCUT2D eigenvalue weighted by atomic mass is 10.3. The highest BCUT2D eigenvalue weighted by Gasteiger charge is 2.17. The number of urea groups is 1. The number of nitrogens with zero attached hydrogens (tertiary/aromatic N) is 3. The van der Waals surface area contributed by atoms with E-state index in [-0.39, 0.29) is 6.03 Å². The van der Waals surface area contributed by atoms with Crippen molar-refractivity contribution >= 4 is 11.7 Å². The molecule has 0 unspecified atom stereocenters. The van der Waals surface area contributed by atoms with Crippen molar-refractivity contribution in [3.8, 4) is 5.75 Å². The van der Waals surface area contributed by atoms with E-state index in [1.807, 2.05) is 0 Å². The van der Waals surface area contributed by atoms with Gasteiger partial charge in [0.2, 0.25) is 0 Å². The topological polar surface area (TPSA) is 81.1 Å². The SMILES string of the molecule is COc1ccc(NC(=O)NCc2nnc3n2CCC3)cc1. The molecule has 2 N–H and O–H groups in total. The van der Waals surface area contributed by atoms with E-state index in [0.717, 1.165) is 36.8 Å². The van der Waals surface area contributed by atoms with Gasteiger partial charge < -0.3 is 19.9 Å². The molecule has 2 aromatic rings. The van der Waals surface area contributed by atoms with E-state index < -0.39 is 0 Å². The van der Waals surface area contributed by atoms with E-state index in [1.54, 1.807) is 31.4 Å². The van der Waals surface area contributed by atoms with E-state index in [1.165, 1.54) is 0 Å². The molecule has 21 heavy (non-hydrogen) atoms. The quantitative estimate of drug-likeness (QED) is 0.894. The summed E-state index contributed by atoms with van der Waals surface area (Å²) < 4.78 is 7.13. The minimum absolute atomic E-state index is 0.268. The molecule has 7 nitrogen and oxygen atoms in total. The van der Waals surface area contributed by atoms with Gasteiger partial charge in [0.15, 0.2) is 5.82 Å². The van der Waals surface area contributed by atoms with E-state index in [9.17, 15) is 4.79 Å². The lowest BCUT2D eigenvalue weighted by Crippen LogP contribution is -2.29. The van der Waals surface area contributed by atoms with Gasteiger partial charge in [-0.15, -0.1) is 10.2 Å². The summed E-state index contributed by atoms with van der Waals surface area (Å²) in [7, 11) is 1.60. The average Bonchev–Trinajstić information content (AvgIpc) is 3.09. The van der Waals surface area contributed by atoms with Crippen molar-refractivity contribution in [1.82, 2.24) is 20.1 Å². The molecule has 0 saturated heterocycles. The molecule has 0 fully saturated rings. The fourth-order valence-corrected chi connectivity index (χ4v) is 2.35. The first-order valence-electron chi connectivity index (χ1n) is 6.86. The van der Waals surface area contributed by atoms with Crippen molar-refractivity contribution in [3.63, 3.8) is 0 Å². The molecular weight excluding hydrogens is 270 g/mol. The largest absolute Gasteiger partial charge is 0.497 e. The molecule has 0 bridgehead atoms. The van der Waals surface area contributed by atoms with Crippen LogP contribution in [0, 0.1) is 0 Å². The molecule has 1 aliphatic heterocycles. The third-order valence-electron chi connectivity index (χ3n) is 3.44. The summed E-state index contributed by atoms with van der Waals surface area (Å²) in [6, 6.07) is 6.89. The summed E-state index contributed by atoms with van der Waals surface area (Å²) in [5.41, 5.74) is 0.708. The minimum Gasteiger partial charge on any atom is -0.497 e. The van der Waals surface area contributed by atoms with Gasteiger partial charge in [0.25, 0.3) is 0 Å². The monoisotopic (exact) mass is 287 g/mol. The van der Waals surface area contributed by atoms with Crippen LogP contribution in [0.4, 0.5) is 10.5 Å². The highest BCUT2D eigenvalue weighted by Crippen LogP contribution is 2.15. The number of hydrogen-bond acceptors (Lipinski definition) is 4. The van der Waals surface area contributed by atoms with Crippen LogP contribution in [0.3, 0.4) is 0 Å². The maximum absolute atomic E-state index is 11.9. The van der Waals surface area contributed by atoms with Crippen LogP contribution in [0.15, 0.2) is 24.3 Å². The Morgan fingerprint density at radius 3 is 2.90 bits per heavy atom. The van der Waals surface area contributed by atoms with Crippen LogP contribution >= 0.6 is 0 Å². The van der Waals surface area contributed by atoms with Crippen LogP contribution in [0.25, 0.3) is 0 Å². The number of rotatable bonds is 4. The molecule has 1 aliphatic rings. The molecule has 7 heteroatoms. The third-order valence-corrected chi connectivity index (χ3v) is 3.44. The molecule has 0 spiro atoms. The predicted octanol–water partition coefficient (Wildman–Crippen LogP) is 1.55. The van der Waals surface area contributed by atoms with Crippen molar-refractivity contribution in [2.45, 2.75) is 25.9 Å². The normalized spacial score (nSPS) is 12.8. The standard InChI is InChI=1S/C14H17N5O2/c1-21-11-6-4-10(5-7-11)16-14(20)15-9-13-18-17-12-3-2-8-19(12)13/h4-7H,2-3,8-9H2,1H3,(H2,15,16,20). The molecular formula is C14H17N5O2. The van der Waals surface area contributed by atoms with Gasteiger partial charge in [-0.05, 0) is 30.7 Å². The summed E-state index contributed by atoms with van der Waals surface area (Å²) in [6.45, 7) is 1.30. The summed E-state index contributed by atoms with van der Waals surface area (Å²) in [5, 5.41) is 13.7. The molecule has 110 valence electrons. The smallest absolute Gasteiger partial charge is 0.319 e. The fourth-order valence-electron chi connectivity index (χ4n) is 2.35. The highest BCUT2D eigenvalue weighted by molar-refractivity contribution is 5.89. The van der Waals surface area contributed by atoms with E-state index in [2.05, 4.69) is 25.4 Å². The first-order chi connectivity index (χ1) is 10.3. The first kappa shape index (κ1) is 13.4. The van der Waals surface area contributed by atoms with Crippen molar-refractivity contribution in [2.24, 2.45) is 0 Å². The number of hydrogen-bond donors (Lipinski definition) is 2. The molecule has 2 heterocycles. The Labute approximate surface area is 122 Å². The van der Waals surface area contributed by atoms with Crippen LogP contribution in [-0.4, -0.2) is 27.9 Å². The number of aromatic nitrogens is 3. The van der Waals surface area contributed by atoms with Gasteiger partial charge in [0.05, 0.1) is 13.7 Å². The van der Waals surface area contributed by atoms with Crippen LogP contribution in [0.5, 0.6) is 5.75 Å². The minimum atomic E-state index is -0.268. The number of methoxy groups -OCH3 is 1. The Kier molecular flexibility index (Phi) is 3.72. The summed E-state index contributed by atoms with van der Waals surface area (Å²) in [6.07, 6.45) is 2.06. The molecule has 3 rings (SSSR count). The zero-order chi connectivity index (χ0) is 14.7. The van der Waals surface area contributed by atoms with Crippen LogP contribution in [-0.2, 0) is 19.5 Å². The van der Waals surface area contributed by atoms with Crippen LogP contribution in [0.2, 0.25) is 0 Å². The van der Waals surface area contributed by atoms with Crippen molar-refractivity contribution < 1.29 is 9.53 Å². The predicted molar refractivity (Wildman–Crippen MR) is 77.2 cm³/mol. The number of amides is 2. The number of fused-ring (bicyclic) bond motifs is 1. The second-order valence-corrected chi connectivity index (χ2v) is 4.82. The number of anilines is 1. The zero-order valence-corrected chi connectivity index (χ0v) is 11.8. The van der Waals surface area contributed by atoms with E-state index >= 15 is 0 Å². The summed E-state index contributed by atoms with van der Waals surface area (Å²) in [5.74, 6) is 2.55. The first-order valence-corrected chi connectivity index (χ1v) is 6.86. The van der Waals surface area contributed by atoms with Gasteiger partial charge in [-0.25, -0.2) is 4.79 Å². The van der Waals surface area contributed by atoms with Crippen molar-refractivity contribution in [1.29, 1.82) is 0 Å². The molecule has 0 aliphatic carbocycles. The third kappa shape index (κ3) is 2.96.